The molecule has 1 atom stereocenters. The first-order valence-corrected chi connectivity index (χ1v) is 16.2. The van der Waals surface area contributed by atoms with Gasteiger partial charge >= 0.3 is 0 Å². The van der Waals surface area contributed by atoms with E-state index < -0.39 is 4.32 Å². The van der Waals surface area contributed by atoms with Crippen LogP contribution in [0, 0.1) is 12.3 Å². The molecule has 1 aliphatic heterocycles. The smallest absolute Gasteiger partial charge is 0.180 e. The number of carbonyl (C=O) groups excluding carboxylic acids is 1. The molecule has 1 aliphatic carbocycles. The molecular formula is C35H53BrNO3Re-. The van der Waals surface area contributed by atoms with Gasteiger partial charge in [-0.3, -0.25) is 9.69 Å². The van der Waals surface area contributed by atoms with Gasteiger partial charge in [-0.1, -0.05) is 99.1 Å². The van der Waals surface area contributed by atoms with Gasteiger partial charge in [0.15, 0.2) is 17.3 Å². The van der Waals surface area contributed by atoms with E-state index in [9.17, 15) is 4.79 Å². The molecule has 4 nitrogen and oxygen atoms in total. The van der Waals surface area contributed by atoms with Crippen molar-refractivity contribution < 1.29 is 34.7 Å². The molecule has 2 aliphatic rings. The minimum absolute atomic E-state index is 0. The van der Waals surface area contributed by atoms with Crippen LogP contribution < -0.4 is 9.47 Å². The van der Waals surface area contributed by atoms with Crippen molar-refractivity contribution in [1.29, 1.82) is 0 Å². The molecule has 1 heterocycles. The summed E-state index contributed by atoms with van der Waals surface area (Å²) in [5, 5.41) is 0. The quantitative estimate of drug-likeness (QED) is 0.129. The van der Waals surface area contributed by atoms with Crippen molar-refractivity contribution in [2.75, 3.05) is 27.3 Å². The number of nitrogens with zero attached hydrogens (tertiary/aromatic N) is 1. The Kier molecular flexibility index (Phi) is 19.1. The number of methoxy groups -OCH3 is 2. The number of fused-ring (bicyclic) bond motifs is 1. The maximum Gasteiger partial charge on any atom is 0.180 e. The monoisotopic (exact) mass is 801 g/mol. The minimum atomic E-state index is -0.501. The molecule has 2 aromatic carbocycles. The number of halogens is 1. The largest absolute Gasteiger partial charge is 0.493 e. The van der Waals surface area contributed by atoms with Crippen LogP contribution in [-0.4, -0.2) is 42.3 Å². The summed E-state index contributed by atoms with van der Waals surface area (Å²) in [6.07, 6.45) is 14.1. The average Bonchev–Trinajstić information content (AvgIpc) is 3.22. The van der Waals surface area contributed by atoms with E-state index in [1.165, 1.54) is 44.1 Å². The molecule has 1 saturated heterocycles. The zero-order chi connectivity index (χ0) is 29.4. The third-order valence-electron chi connectivity index (χ3n) is 7.85. The van der Waals surface area contributed by atoms with E-state index in [2.05, 4.69) is 85.3 Å². The van der Waals surface area contributed by atoms with Crippen LogP contribution in [0.5, 0.6) is 11.5 Å². The van der Waals surface area contributed by atoms with E-state index in [4.69, 9.17) is 9.47 Å². The Labute approximate surface area is 273 Å². The molecule has 41 heavy (non-hydrogen) atoms. The van der Waals surface area contributed by atoms with Crippen molar-refractivity contribution in [2.45, 2.75) is 103 Å². The summed E-state index contributed by atoms with van der Waals surface area (Å²) >= 11 is 3.84. The fourth-order valence-electron chi connectivity index (χ4n) is 5.48. The van der Waals surface area contributed by atoms with Gasteiger partial charge in [0.05, 0.1) is 18.5 Å². The van der Waals surface area contributed by atoms with Gasteiger partial charge < -0.3 is 15.9 Å². The number of ketones is 1. The number of hydrogen-bond acceptors (Lipinski definition) is 4. The van der Waals surface area contributed by atoms with E-state index in [0.717, 1.165) is 50.0 Å². The SMILES string of the molecule is CCCCC.COc1cc2c(cc1OC)C(=O)C(Br)(CC1CCN(Cc3ccccc3)CC1)C2.C[CH-]CCCC.[Re]. The number of piperidine rings is 1. The molecule has 231 valence electrons. The first-order valence-electron chi connectivity index (χ1n) is 15.4. The fraction of sp³-hybridized carbons (Fsp3) is 0.600. The third kappa shape index (κ3) is 12.1. The molecular weight excluding hydrogens is 749 g/mol. The second-order valence-corrected chi connectivity index (χ2v) is 12.7. The van der Waals surface area contributed by atoms with Crippen LogP contribution in [-0.2, 0) is 33.4 Å². The molecule has 0 amide bonds. The zero-order valence-corrected chi connectivity index (χ0v) is 30.6. The summed E-state index contributed by atoms with van der Waals surface area (Å²) in [5.41, 5.74) is 3.18. The summed E-state index contributed by atoms with van der Waals surface area (Å²) in [6.45, 7) is 11.9. The topological polar surface area (TPSA) is 38.8 Å². The average molecular weight is 802 g/mol. The number of likely N-dealkylation sites (tertiary alicyclic amines) is 1. The van der Waals surface area contributed by atoms with Crippen molar-refractivity contribution in [2.24, 2.45) is 5.92 Å². The van der Waals surface area contributed by atoms with Crippen LogP contribution in [0.1, 0.15) is 107 Å². The number of benzene rings is 2. The molecule has 1 radical (unpaired) electrons. The van der Waals surface area contributed by atoms with Gasteiger partial charge in [-0.2, -0.15) is 13.3 Å². The van der Waals surface area contributed by atoms with Crippen LogP contribution in [0.3, 0.4) is 0 Å². The Bertz CT molecular complexity index is 988. The second-order valence-electron chi connectivity index (χ2n) is 11.1. The van der Waals surface area contributed by atoms with E-state index >= 15 is 0 Å². The van der Waals surface area contributed by atoms with Crippen LogP contribution in [0.2, 0.25) is 0 Å². The predicted octanol–water partition coefficient (Wildman–Crippen LogP) is 9.47. The molecule has 4 rings (SSSR count). The van der Waals surface area contributed by atoms with Gasteiger partial charge in [0.2, 0.25) is 0 Å². The summed E-state index contributed by atoms with van der Waals surface area (Å²) in [7, 11) is 3.24. The summed E-state index contributed by atoms with van der Waals surface area (Å²) in [4.78, 5) is 15.7. The Morgan fingerprint density at radius 2 is 1.54 bits per heavy atom. The molecule has 0 N–H and O–H groups in total. The normalized spacial score (nSPS) is 18.3. The predicted molar refractivity (Wildman–Crippen MR) is 173 cm³/mol. The Morgan fingerprint density at radius 3 is 2.02 bits per heavy atom. The Hall–Kier alpha value is -1.19. The maximum absolute atomic E-state index is 13.2. The Balaban J connectivity index is 0.000000599. The van der Waals surface area contributed by atoms with E-state index in [1.807, 2.05) is 12.1 Å². The number of carbonyl (C=O) groups is 1. The van der Waals surface area contributed by atoms with Crippen molar-refractivity contribution in [3.05, 3.63) is 65.6 Å². The molecule has 0 bridgehead atoms. The molecule has 1 fully saturated rings. The molecule has 0 spiro atoms. The van der Waals surface area contributed by atoms with Crippen molar-refractivity contribution >= 4 is 21.7 Å². The first kappa shape index (κ1) is 37.8. The zero-order valence-electron chi connectivity index (χ0n) is 26.3. The molecule has 0 aromatic heterocycles. The van der Waals surface area contributed by atoms with Gasteiger partial charge in [-0.15, -0.1) is 0 Å². The van der Waals surface area contributed by atoms with Gasteiger partial charge in [-0.25, -0.2) is 0 Å². The van der Waals surface area contributed by atoms with Gasteiger partial charge in [0.1, 0.15) is 0 Å². The number of unbranched alkanes of at least 4 members (excludes halogenated alkanes) is 5. The van der Waals surface area contributed by atoms with E-state index in [1.54, 1.807) is 14.2 Å². The fourth-order valence-corrected chi connectivity index (χ4v) is 6.45. The molecule has 2 aromatic rings. The van der Waals surface area contributed by atoms with Crippen LogP contribution in [0.25, 0.3) is 0 Å². The maximum atomic E-state index is 13.2. The second kappa shape index (κ2) is 20.7. The molecule has 1 unspecified atom stereocenters. The number of Topliss-reactive ketones (excluding diaryl/α,β-unsaturated/α-hetero) is 1. The van der Waals surface area contributed by atoms with Gasteiger partial charge in [0.25, 0.3) is 0 Å². The number of alkyl halides is 1. The minimum Gasteiger partial charge on any atom is -0.493 e. The third-order valence-corrected chi connectivity index (χ3v) is 8.82. The van der Waals surface area contributed by atoms with Crippen molar-refractivity contribution in [1.82, 2.24) is 4.90 Å². The summed E-state index contributed by atoms with van der Waals surface area (Å²) in [5.74, 6) is 2.04. The van der Waals surface area contributed by atoms with Crippen LogP contribution in [0.15, 0.2) is 42.5 Å². The number of hydrogen-bond donors (Lipinski definition) is 0. The van der Waals surface area contributed by atoms with Crippen molar-refractivity contribution in [3.8, 4) is 11.5 Å². The molecule has 6 heteroatoms. The van der Waals surface area contributed by atoms with Gasteiger partial charge in [-0.05, 0) is 68.0 Å². The van der Waals surface area contributed by atoms with Crippen LogP contribution >= 0.6 is 15.9 Å². The summed E-state index contributed by atoms with van der Waals surface area (Å²) in [6, 6.07) is 14.4. The first-order chi connectivity index (χ1) is 19.3. The standard InChI is InChI=1S/C24H28BrNO3.C6H13.C5H12.Re/c1-28-21-12-19-15-24(25,23(27)20(19)13-22(21)29-2)14-17-8-10-26(11-9-17)16-18-6-4-3-5-7-18;1-3-5-6-4-2;1-3-5-4-2;/h3-7,12-13,17H,8-11,14-16H2,1-2H3;3H,4-6H2,1-2H3;3-5H2,1-2H3;/q;-1;;. The summed E-state index contributed by atoms with van der Waals surface area (Å²) < 4.78 is 10.3. The van der Waals surface area contributed by atoms with Gasteiger partial charge in [0, 0.05) is 32.5 Å². The molecule has 0 saturated carbocycles. The van der Waals surface area contributed by atoms with Crippen molar-refractivity contribution in [3.63, 3.8) is 0 Å². The van der Waals surface area contributed by atoms with E-state index in [0.29, 0.717) is 23.8 Å². The number of rotatable bonds is 11. The number of ether oxygens (including phenoxy) is 2. The van der Waals surface area contributed by atoms with Crippen LogP contribution in [0.4, 0.5) is 0 Å². The Morgan fingerprint density at radius 1 is 0.951 bits per heavy atom. The van der Waals surface area contributed by atoms with E-state index in [-0.39, 0.29) is 26.2 Å².